The van der Waals surface area contributed by atoms with Gasteiger partial charge in [-0.2, -0.15) is 0 Å². The predicted molar refractivity (Wildman–Crippen MR) is 67.1 cm³/mol. The summed E-state index contributed by atoms with van der Waals surface area (Å²) in [5, 5.41) is 0. The number of pyridine rings is 1. The summed E-state index contributed by atoms with van der Waals surface area (Å²) in [5.41, 5.74) is 1.83. The average Bonchev–Trinajstić information content (AvgIpc) is 2.67. The van der Waals surface area contributed by atoms with Crippen LogP contribution in [0.25, 0.3) is 0 Å². The van der Waals surface area contributed by atoms with Gasteiger partial charge in [0.2, 0.25) is 0 Å². The monoisotopic (exact) mass is 218 g/mol. The van der Waals surface area contributed by atoms with Crippen LogP contribution in [0.4, 0.5) is 0 Å². The molecule has 1 aliphatic heterocycles. The van der Waals surface area contributed by atoms with Crippen LogP contribution in [0.1, 0.15) is 32.8 Å². The van der Waals surface area contributed by atoms with Gasteiger partial charge in [0, 0.05) is 25.5 Å². The Kier molecular flexibility index (Phi) is 3.29. The highest BCUT2D eigenvalue weighted by Crippen LogP contribution is 2.33. The molecule has 1 aromatic rings. The van der Waals surface area contributed by atoms with Crippen LogP contribution in [0.2, 0.25) is 0 Å². The number of hydrogen-bond donors (Lipinski definition) is 0. The lowest BCUT2D eigenvalue weighted by Crippen LogP contribution is -2.25. The molecular formula is C14H22N2. The first-order valence-corrected chi connectivity index (χ1v) is 6.17. The Hall–Kier alpha value is -0.890. The van der Waals surface area contributed by atoms with E-state index in [2.05, 4.69) is 42.8 Å². The second kappa shape index (κ2) is 4.54. The maximum atomic E-state index is 4.06. The van der Waals surface area contributed by atoms with Gasteiger partial charge in [0.15, 0.2) is 0 Å². The lowest BCUT2D eigenvalue weighted by molar-refractivity contribution is 0.226. The summed E-state index contributed by atoms with van der Waals surface area (Å²) in [5.74, 6) is 0.842. The fourth-order valence-electron chi connectivity index (χ4n) is 2.43. The van der Waals surface area contributed by atoms with Crippen LogP contribution in [0.3, 0.4) is 0 Å². The van der Waals surface area contributed by atoms with Crippen LogP contribution < -0.4 is 0 Å². The van der Waals surface area contributed by atoms with Crippen LogP contribution in [-0.4, -0.2) is 23.0 Å². The second-order valence-electron chi connectivity index (χ2n) is 5.94. The minimum absolute atomic E-state index is 0.451. The van der Waals surface area contributed by atoms with Gasteiger partial charge in [-0.3, -0.25) is 9.88 Å². The zero-order chi connectivity index (χ0) is 11.6. The van der Waals surface area contributed by atoms with Crippen LogP contribution in [0.5, 0.6) is 0 Å². The second-order valence-corrected chi connectivity index (χ2v) is 5.94. The molecule has 1 saturated heterocycles. The van der Waals surface area contributed by atoms with Crippen LogP contribution in [0.15, 0.2) is 24.5 Å². The zero-order valence-corrected chi connectivity index (χ0v) is 10.6. The van der Waals surface area contributed by atoms with Gasteiger partial charge >= 0.3 is 0 Å². The molecule has 0 saturated carbocycles. The average molecular weight is 218 g/mol. The minimum Gasteiger partial charge on any atom is -0.299 e. The quantitative estimate of drug-likeness (QED) is 0.758. The fraction of sp³-hybridized carbons (Fsp3) is 0.643. The highest BCUT2D eigenvalue weighted by molar-refractivity contribution is 5.09. The van der Waals surface area contributed by atoms with E-state index in [-0.39, 0.29) is 0 Å². The van der Waals surface area contributed by atoms with Crippen molar-refractivity contribution in [2.24, 2.45) is 11.3 Å². The highest BCUT2D eigenvalue weighted by atomic mass is 15.1. The van der Waals surface area contributed by atoms with Gasteiger partial charge in [-0.15, -0.1) is 0 Å². The third-order valence-corrected chi connectivity index (χ3v) is 3.65. The van der Waals surface area contributed by atoms with Gasteiger partial charge < -0.3 is 0 Å². The number of rotatable bonds is 2. The Morgan fingerprint density at radius 3 is 2.56 bits per heavy atom. The molecule has 0 N–H and O–H groups in total. The molecule has 0 aliphatic carbocycles. The third-order valence-electron chi connectivity index (χ3n) is 3.65. The summed E-state index contributed by atoms with van der Waals surface area (Å²) in [7, 11) is 0. The molecule has 1 unspecified atom stereocenters. The van der Waals surface area contributed by atoms with Gasteiger partial charge in [-0.05, 0) is 42.0 Å². The fourth-order valence-corrected chi connectivity index (χ4v) is 2.43. The van der Waals surface area contributed by atoms with Gasteiger partial charge in [0.05, 0.1) is 0 Å². The van der Waals surface area contributed by atoms with E-state index in [1.807, 2.05) is 12.4 Å². The molecule has 2 rings (SSSR count). The van der Waals surface area contributed by atoms with Crippen molar-refractivity contribution >= 4 is 0 Å². The molecule has 1 aromatic heterocycles. The molecule has 88 valence electrons. The number of nitrogens with zero attached hydrogens (tertiary/aromatic N) is 2. The van der Waals surface area contributed by atoms with E-state index >= 15 is 0 Å². The standard InChI is InChI=1S/C14H22N2/c1-14(2,3)13-6-9-16(11-13)10-12-4-7-15-8-5-12/h4-5,7-8,13H,6,9-11H2,1-3H3. The molecule has 0 radical (unpaired) electrons. The van der Waals surface area contributed by atoms with E-state index in [0.29, 0.717) is 5.41 Å². The van der Waals surface area contributed by atoms with E-state index in [1.54, 1.807) is 0 Å². The van der Waals surface area contributed by atoms with Gasteiger partial charge in [-0.25, -0.2) is 0 Å². The SMILES string of the molecule is CC(C)(C)C1CCN(Cc2ccncc2)C1. The predicted octanol–water partition coefficient (Wildman–Crippen LogP) is 2.95. The summed E-state index contributed by atoms with van der Waals surface area (Å²) in [6, 6.07) is 4.23. The van der Waals surface area contributed by atoms with Crippen molar-refractivity contribution in [2.45, 2.75) is 33.7 Å². The first-order chi connectivity index (χ1) is 7.55. The topological polar surface area (TPSA) is 16.1 Å². The normalized spacial score (nSPS) is 22.6. The zero-order valence-electron chi connectivity index (χ0n) is 10.6. The van der Waals surface area contributed by atoms with E-state index < -0.39 is 0 Å². The maximum Gasteiger partial charge on any atom is 0.0271 e. The molecule has 2 heteroatoms. The summed E-state index contributed by atoms with van der Waals surface area (Å²) in [6.45, 7) is 10.6. The number of hydrogen-bond acceptors (Lipinski definition) is 2. The van der Waals surface area contributed by atoms with Crippen molar-refractivity contribution in [3.8, 4) is 0 Å². The molecule has 0 spiro atoms. The van der Waals surface area contributed by atoms with Gasteiger partial charge in [0.25, 0.3) is 0 Å². The molecule has 0 amide bonds. The van der Waals surface area contributed by atoms with Crippen molar-refractivity contribution < 1.29 is 0 Å². The highest BCUT2D eigenvalue weighted by Gasteiger charge is 2.31. The van der Waals surface area contributed by atoms with Crippen molar-refractivity contribution in [3.63, 3.8) is 0 Å². The molecule has 16 heavy (non-hydrogen) atoms. The number of likely N-dealkylation sites (tertiary alicyclic amines) is 1. The molecular weight excluding hydrogens is 196 g/mol. The molecule has 2 nitrogen and oxygen atoms in total. The van der Waals surface area contributed by atoms with E-state index in [4.69, 9.17) is 0 Å². The number of aromatic nitrogens is 1. The van der Waals surface area contributed by atoms with Crippen molar-refractivity contribution in [2.75, 3.05) is 13.1 Å². The lowest BCUT2D eigenvalue weighted by atomic mass is 9.80. The Bertz CT molecular complexity index is 326. The molecule has 2 heterocycles. The Morgan fingerprint density at radius 2 is 2.00 bits per heavy atom. The smallest absolute Gasteiger partial charge is 0.0271 e. The molecule has 1 aliphatic rings. The maximum absolute atomic E-state index is 4.06. The van der Waals surface area contributed by atoms with E-state index in [1.165, 1.54) is 25.1 Å². The molecule has 0 aromatic carbocycles. The van der Waals surface area contributed by atoms with Crippen molar-refractivity contribution in [1.29, 1.82) is 0 Å². The molecule has 1 atom stereocenters. The summed E-state index contributed by atoms with van der Waals surface area (Å²) in [4.78, 5) is 6.62. The minimum atomic E-state index is 0.451. The van der Waals surface area contributed by atoms with E-state index in [0.717, 1.165) is 12.5 Å². The Labute approximate surface area is 98.7 Å². The Balaban J connectivity index is 1.91. The largest absolute Gasteiger partial charge is 0.299 e. The van der Waals surface area contributed by atoms with Gasteiger partial charge in [0.1, 0.15) is 0 Å². The summed E-state index contributed by atoms with van der Waals surface area (Å²) >= 11 is 0. The third kappa shape index (κ3) is 2.82. The first kappa shape index (κ1) is 11.6. The van der Waals surface area contributed by atoms with Crippen LogP contribution >= 0.6 is 0 Å². The summed E-state index contributed by atoms with van der Waals surface area (Å²) in [6.07, 6.45) is 5.11. The molecule has 0 bridgehead atoms. The van der Waals surface area contributed by atoms with Crippen molar-refractivity contribution in [1.82, 2.24) is 9.88 Å². The lowest BCUT2D eigenvalue weighted by Gasteiger charge is -2.27. The first-order valence-electron chi connectivity index (χ1n) is 6.17. The summed E-state index contributed by atoms with van der Waals surface area (Å²) < 4.78 is 0. The van der Waals surface area contributed by atoms with Crippen LogP contribution in [-0.2, 0) is 6.54 Å². The van der Waals surface area contributed by atoms with E-state index in [9.17, 15) is 0 Å². The van der Waals surface area contributed by atoms with Gasteiger partial charge in [-0.1, -0.05) is 20.8 Å². The van der Waals surface area contributed by atoms with Crippen LogP contribution in [0, 0.1) is 11.3 Å². The van der Waals surface area contributed by atoms with Crippen molar-refractivity contribution in [3.05, 3.63) is 30.1 Å². The molecule has 1 fully saturated rings. The Morgan fingerprint density at radius 1 is 1.31 bits per heavy atom.